The van der Waals surface area contributed by atoms with E-state index in [0.29, 0.717) is 5.92 Å². The molecule has 6 heteroatoms. The predicted molar refractivity (Wildman–Crippen MR) is 63.5 cm³/mol. The highest BCUT2D eigenvalue weighted by Gasteiger charge is 2.25. The number of aliphatic imine (C=N–C) groups is 1. The summed E-state index contributed by atoms with van der Waals surface area (Å²) in [7, 11) is 0. The van der Waals surface area contributed by atoms with Crippen LogP contribution < -0.4 is 10.6 Å². The van der Waals surface area contributed by atoms with Gasteiger partial charge in [0, 0.05) is 23.9 Å². The number of aromatic amines is 1. The van der Waals surface area contributed by atoms with Gasteiger partial charge in [-0.1, -0.05) is 11.6 Å². The molecule has 5 nitrogen and oxygen atoms in total. The smallest absolute Gasteiger partial charge is 0.196 e. The third kappa shape index (κ3) is 2.04. The molecule has 0 saturated heterocycles. The van der Waals surface area contributed by atoms with E-state index in [1.807, 2.05) is 12.1 Å². The molecule has 0 bridgehead atoms. The average molecular weight is 238 g/mol. The molecule has 1 aromatic heterocycles. The van der Waals surface area contributed by atoms with Crippen LogP contribution in [-0.4, -0.2) is 22.0 Å². The molecule has 3 rings (SSSR count). The van der Waals surface area contributed by atoms with E-state index in [9.17, 15) is 0 Å². The summed E-state index contributed by atoms with van der Waals surface area (Å²) < 4.78 is 0. The average Bonchev–Trinajstić information content (AvgIpc) is 3.01. The Morgan fingerprint density at radius 3 is 3.06 bits per heavy atom. The summed E-state index contributed by atoms with van der Waals surface area (Å²) in [5.41, 5.74) is 0.796. The molecule has 1 aliphatic heterocycles. The van der Waals surface area contributed by atoms with Gasteiger partial charge in [-0.2, -0.15) is 5.10 Å². The molecule has 1 atom stereocenters. The van der Waals surface area contributed by atoms with E-state index < -0.39 is 5.62 Å². The Bertz CT molecular complexity index is 446. The van der Waals surface area contributed by atoms with Crippen molar-refractivity contribution < 1.29 is 0 Å². The molecular weight excluding hydrogens is 226 g/mol. The van der Waals surface area contributed by atoms with E-state index in [2.05, 4.69) is 25.8 Å². The molecular formula is C10H12ClN5. The van der Waals surface area contributed by atoms with Crippen LogP contribution in [0.25, 0.3) is 0 Å². The van der Waals surface area contributed by atoms with Crippen LogP contribution in [0.4, 0.5) is 5.82 Å². The van der Waals surface area contributed by atoms with E-state index in [1.165, 1.54) is 18.5 Å². The molecule has 84 valence electrons. The second kappa shape index (κ2) is 3.83. The van der Waals surface area contributed by atoms with Crippen LogP contribution in [0.2, 0.25) is 0 Å². The minimum Gasteiger partial charge on any atom is -0.337 e. The monoisotopic (exact) mass is 237 g/mol. The van der Waals surface area contributed by atoms with Gasteiger partial charge in [-0.25, -0.2) is 0 Å². The summed E-state index contributed by atoms with van der Waals surface area (Å²) in [4.78, 5) is 3.95. The largest absolute Gasteiger partial charge is 0.337 e. The lowest BCUT2D eigenvalue weighted by Crippen LogP contribution is -2.28. The van der Waals surface area contributed by atoms with Gasteiger partial charge in [-0.05, 0) is 18.9 Å². The number of H-pyrrole nitrogens is 1. The van der Waals surface area contributed by atoms with Crippen molar-refractivity contribution in [1.82, 2.24) is 15.5 Å². The van der Waals surface area contributed by atoms with Gasteiger partial charge in [-0.15, -0.1) is 0 Å². The van der Waals surface area contributed by atoms with E-state index in [-0.39, 0.29) is 0 Å². The molecule has 2 aliphatic rings. The van der Waals surface area contributed by atoms with Gasteiger partial charge in [0.15, 0.2) is 11.4 Å². The molecule has 1 unspecified atom stereocenters. The predicted octanol–water partition coefficient (Wildman–Crippen LogP) is 1.74. The van der Waals surface area contributed by atoms with Gasteiger partial charge in [0.1, 0.15) is 5.82 Å². The highest BCUT2D eigenvalue weighted by atomic mass is 35.5. The first kappa shape index (κ1) is 9.72. The van der Waals surface area contributed by atoms with Crippen LogP contribution in [0.3, 0.4) is 0 Å². The normalized spacial score (nSPS) is 23.8. The molecule has 0 amide bonds. The number of nitrogens with one attached hydrogen (secondary N) is 3. The highest BCUT2D eigenvalue weighted by molar-refractivity contribution is 6.20. The van der Waals surface area contributed by atoms with Crippen LogP contribution in [0.15, 0.2) is 23.0 Å². The fourth-order valence-electron chi connectivity index (χ4n) is 1.63. The zero-order chi connectivity index (χ0) is 11.0. The number of aromatic nitrogens is 2. The maximum atomic E-state index is 5.83. The lowest BCUT2D eigenvalue weighted by molar-refractivity contribution is 0.760. The second-order valence-corrected chi connectivity index (χ2v) is 4.38. The lowest BCUT2D eigenvalue weighted by atomic mass is 10.3. The van der Waals surface area contributed by atoms with Crippen molar-refractivity contribution >= 4 is 23.6 Å². The van der Waals surface area contributed by atoms with Crippen molar-refractivity contribution in [2.24, 2.45) is 4.99 Å². The van der Waals surface area contributed by atoms with Crippen LogP contribution in [0.5, 0.6) is 0 Å². The van der Waals surface area contributed by atoms with Crippen molar-refractivity contribution in [1.29, 1.82) is 0 Å². The first-order valence-electron chi connectivity index (χ1n) is 5.28. The third-order valence-electron chi connectivity index (χ3n) is 2.61. The Morgan fingerprint density at radius 1 is 1.44 bits per heavy atom. The maximum absolute atomic E-state index is 5.83. The fourth-order valence-corrected chi connectivity index (χ4v) is 1.81. The molecule has 1 aliphatic carbocycles. The molecule has 0 radical (unpaired) electrons. The van der Waals surface area contributed by atoms with Gasteiger partial charge < -0.3 is 10.6 Å². The number of alkyl halides is 1. The quantitative estimate of drug-likeness (QED) is 0.554. The SMILES string of the molecule is ClC1N=CC=C(Nc2cc(C3CC3)[nH]n2)N1. The summed E-state index contributed by atoms with van der Waals surface area (Å²) in [6, 6.07) is 2.04. The maximum Gasteiger partial charge on any atom is 0.196 e. The first-order valence-corrected chi connectivity index (χ1v) is 5.71. The van der Waals surface area contributed by atoms with Crippen molar-refractivity contribution in [3.05, 3.63) is 23.7 Å². The van der Waals surface area contributed by atoms with Gasteiger partial charge >= 0.3 is 0 Å². The van der Waals surface area contributed by atoms with Gasteiger partial charge in [-0.3, -0.25) is 10.1 Å². The van der Waals surface area contributed by atoms with Crippen molar-refractivity contribution in [3.63, 3.8) is 0 Å². The van der Waals surface area contributed by atoms with Crippen molar-refractivity contribution in [2.75, 3.05) is 5.32 Å². The fraction of sp³-hybridized carbons (Fsp3) is 0.400. The van der Waals surface area contributed by atoms with Gasteiger partial charge in [0.05, 0.1) is 0 Å². The van der Waals surface area contributed by atoms with E-state index in [4.69, 9.17) is 11.6 Å². The standard InChI is InChI=1S/C10H12ClN5/c11-10-12-4-3-8(14-10)13-9-5-7(15-16-9)6-1-2-6/h3-6,10,14H,1-2H2,(H2,13,15,16). The van der Waals surface area contributed by atoms with E-state index in [0.717, 1.165) is 11.6 Å². The Balaban J connectivity index is 1.68. The molecule has 0 spiro atoms. The van der Waals surface area contributed by atoms with Crippen molar-refractivity contribution in [3.8, 4) is 0 Å². The second-order valence-electron chi connectivity index (χ2n) is 3.97. The number of halogens is 1. The summed E-state index contributed by atoms with van der Waals surface area (Å²) in [6.45, 7) is 0. The number of hydrogen-bond acceptors (Lipinski definition) is 4. The molecule has 3 N–H and O–H groups in total. The number of anilines is 1. The van der Waals surface area contributed by atoms with E-state index >= 15 is 0 Å². The van der Waals surface area contributed by atoms with Crippen molar-refractivity contribution in [2.45, 2.75) is 24.4 Å². The summed E-state index contributed by atoms with van der Waals surface area (Å²) in [5, 5.41) is 13.4. The minimum atomic E-state index is -0.408. The molecule has 2 heterocycles. The highest BCUT2D eigenvalue weighted by Crippen LogP contribution is 2.39. The molecule has 16 heavy (non-hydrogen) atoms. The summed E-state index contributed by atoms with van der Waals surface area (Å²) in [5.74, 6) is 2.29. The first-order chi connectivity index (χ1) is 7.81. The zero-order valence-electron chi connectivity index (χ0n) is 8.57. The summed E-state index contributed by atoms with van der Waals surface area (Å²) in [6.07, 6.45) is 6.02. The van der Waals surface area contributed by atoms with Crippen LogP contribution in [0, 0.1) is 0 Å². The van der Waals surface area contributed by atoms with E-state index in [1.54, 1.807) is 6.21 Å². The van der Waals surface area contributed by atoms with Gasteiger partial charge in [0.25, 0.3) is 0 Å². The topological polar surface area (TPSA) is 65.1 Å². The number of allylic oxidation sites excluding steroid dienone is 1. The van der Waals surface area contributed by atoms with Crippen LogP contribution >= 0.6 is 11.6 Å². The Hall–Kier alpha value is -1.49. The molecule has 0 aromatic carbocycles. The van der Waals surface area contributed by atoms with Gasteiger partial charge in [0.2, 0.25) is 0 Å². The number of rotatable bonds is 3. The molecule has 1 aromatic rings. The zero-order valence-corrected chi connectivity index (χ0v) is 9.33. The Labute approximate surface area is 98.0 Å². The third-order valence-corrected chi connectivity index (χ3v) is 2.83. The van der Waals surface area contributed by atoms with Crippen LogP contribution in [-0.2, 0) is 0 Å². The summed E-state index contributed by atoms with van der Waals surface area (Å²) >= 11 is 5.83. The minimum absolute atomic E-state index is 0.408. The molecule has 1 saturated carbocycles. The Kier molecular flexibility index (Phi) is 2.32. The van der Waals surface area contributed by atoms with Crippen LogP contribution in [0.1, 0.15) is 24.5 Å². The number of nitrogens with zero attached hydrogens (tertiary/aromatic N) is 2. The molecule has 1 fully saturated rings. The Morgan fingerprint density at radius 2 is 2.31 bits per heavy atom. The lowest BCUT2D eigenvalue weighted by Gasteiger charge is -2.15. The number of hydrogen-bond donors (Lipinski definition) is 3.